The highest BCUT2D eigenvalue weighted by molar-refractivity contribution is 5.89. The van der Waals surface area contributed by atoms with Gasteiger partial charge in [-0.2, -0.15) is 10.1 Å². The highest BCUT2D eigenvalue weighted by Gasteiger charge is 2.07. The largest absolute Gasteiger partial charge is 0.462 e. The van der Waals surface area contributed by atoms with Gasteiger partial charge in [-0.15, -0.1) is 5.10 Å². The van der Waals surface area contributed by atoms with E-state index in [0.717, 1.165) is 12.1 Å². The Labute approximate surface area is 135 Å². The Morgan fingerprint density at radius 1 is 1.26 bits per heavy atom. The molecule has 1 aromatic carbocycles. The highest BCUT2D eigenvalue weighted by atomic mass is 16.5. The van der Waals surface area contributed by atoms with E-state index in [-0.39, 0.29) is 5.97 Å². The van der Waals surface area contributed by atoms with E-state index in [4.69, 9.17) is 4.74 Å². The molecule has 7 nitrogen and oxygen atoms in total. The van der Waals surface area contributed by atoms with Crippen LogP contribution >= 0.6 is 0 Å². The van der Waals surface area contributed by atoms with Crippen LogP contribution in [0.2, 0.25) is 0 Å². The van der Waals surface area contributed by atoms with Crippen LogP contribution in [0.3, 0.4) is 0 Å². The SMILES string of the molecule is CCOC(=O)c1ccc(Nc2nncc(NC(C)CC)n2)cc1. The molecule has 1 heterocycles. The number of aromatic nitrogens is 3. The Bertz CT molecular complexity index is 645. The number of hydrogen-bond acceptors (Lipinski definition) is 7. The number of carbonyl (C=O) groups excluding carboxylic acids is 1. The van der Waals surface area contributed by atoms with Crippen LogP contribution in [0, 0.1) is 0 Å². The lowest BCUT2D eigenvalue weighted by atomic mass is 10.2. The molecule has 1 atom stereocenters. The molecule has 0 spiro atoms. The summed E-state index contributed by atoms with van der Waals surface area (Å²) in [6.07, 6.45) is 2.57. The molecule has 0 aliphatic rings. The number of nitrogens with one attached hydrogen (secondary N) is 2. The Balaban J connectivity index is 2.04. The second-order valence-electron chi connectivity index (χ2n) is 5.04. The highest BCUT2D eigenvalue weighted by Crippen LogP contribution is 2.15. The molecule has 23 heavy (non-hydrogen) atoms. The third kappa shape index (κ3) is 4.91. The fourth-order valence-electron chi connectivity index (χ4n) is 1.81. The Morgan fingerprint density at radius 2 is 2.00 bits per heavy atom. The Morgan fingerprint density at radius 3 is 2.65 bits per heavy atom. The molecule has 1 unspecified atom stereocenters. The van der Waals surface area contributed by atoms with E-state index < -0.39 is 0 Å². The number of benzene rings is 1. The third-order valence-corrected chi connectivity index (χ3v) is 3.22. The molecule has 2 rings (SSSR count). The van der Waals surface area contributed by atoms with Gasteiger partial charge in [0.15, 0.2) is 5.82 Å². The molecule has 1 aromatic heterocycles. The summed E-state index contributed by atoms with van der Waals surface area (Å²) in [7, 11) is 0. The predicted molar refractivity (Wildman–Crippen MR) is 88.9 cm³/mol. The van der Waals surface area contributed by atoms with Crippen molar-refractivity contribution in [3.05, 3.63) is 36.0 Å². The summed E-state index contributed by atoms with van der Waals surface area (Å²) < 4.78 is 4.95. The maximum absolute atomic E-state index is 11.6. The summed E-state index contributed by atoms with van der Waals surface area (Å²) in [6, 6.07) is 7.22. The molecule has 0 bridgehead atoms. The first-order chi connectivity index (χ1) is 11.1. The zero-order valence-electron chi connectivity index (χ0n) is 13.5. The van der Waals surface area contributed by atoms with E-state index >= 15 is 0 Å². The molecule has 0 aliphatic heterocycles. The molecule has 0 saturated carbocycles. The minimum Gasteiger partial charge on any atom is -0.462 e. The van der Waals surface area contributed by atoms with Gasteiger partial charge >= 0.3 is 5.97 Å². The van der Waals surface area contributed by atoms with Crippen molar-refractivity contribution in [2.24, 2.45) is 0 Å². The van der Waals surface area contributed by atoms with Gasteiger partial charge in [0.2, 0.25) is 5.95 Å². The van der Waals surface area contributed by atoms with Gasteiger partial charge in [0.1, 0.15) is 0 Å². The number of nitrogens with zero attached hydrogens (tertiary/aromatic N) is 3. The third-order valence-electron chi connectivity index (χ3n) is 3.22. The van der Waals surface area contributed by atoms with Crippen LogP contribution in [0.15, 0.2) is 30.5 Å². The van der Waals surface area contributed by atoms with Crippen molar-refractivity contribution in [3.8, 4) is 0 Å². The first-order valence-corrected chi connectivity index (χ1v) is 7.62. The van der Waals surface area contributed by atoms with Gasteiger partial charge < -0.3 is 15.4 Å². The van der Waals surface area contributed by atoms with Crippen molar-refractivity contribution in [1.29, 1.82) is 0 Å². The van der Waals surface area contributed by atoms with E-state index in [0.29, 0.717) is 30.0 Å². The van der Waals surface area contributed by atoms with Crippen molar-refractivity contribution in [3.63, 3.8) is 0 Å². The topological polar surface area (TPSA) is 89.0 Å². The number of esters is 1. The van der Waals surface area contributed by atoms with E-state index in [2.05, 4.69) is 39.7 Å². The van der Waals surface area contributed by atoms with Gasteiger partial charge in [-0.25, -0.2) is 4.79 Å². The minimum absolute atomic E-state index is 0.309. The van der Waals surface area contributed by atoms with Crippen molar-refractivity contribution in [2.75, 3.05) is 17.2 Å². The van der Waals surface area contributed by atoms with E-state index in [1.54, 1.807) is 37.4 Å². The first-order valence-electron chi connectivity index (χ1n) is 7.62. The molecule has 7 heteroatoms. The molecule has 2 N–H and O–H groups in total. The number of anilines is 3. The Kier molecular flexibility index (Phi) is 5.85. The van der Waals surface area contributed by atoms with Crippen molar-refractivity contribution in [1.82, 2.24) is 15.2 Å². The van der Waals surface area contributed by atoms with Crippen LogP contribution in [0.25, 0.3) is 0 Å². The summed E-state index contributed by atoms with van der Waals surface area (Å²) in [4.78, 5) is 16.0. The summed E-state index contributed by atoms with van der Waals surface area (Å²) in [6.45, 7) is 6.30. The zero-order valence-corrected chi connectivity index (χ0v) is 13.5. The van der Waals surface area contributed by atoms with E-state index in [9.17, 15) is 4.79 Å². The van der Waals surface area contributed by atoms with Crippen LogP contribution in [-0.2, 0) is 4.74 Å². The molecule has 122 valence electrons. The zero-order chi connectivity index (χ0) is 16.7. The van der Waals surface area contributed by atoms with Gasteiger partial charge in [-0.05, 0) is 44.5 Å². The molecular weight excluding hydrogens is 294 g/mol. The second kappa shape index (κ2) is 8.07. The van der Waals surface area contributed by atoms with Crippen LogP contribution in [0.1, 0.15) is 37.6 Å². The van der Waals surface area contributed by atoms with Gasteiger partial charge in [0.05, 0.1) is 18.4 Å². The summed E-state index contributed by atoms with van der Waals surface area (Å²) in [5.74, 6) is 0.721. The summed E-state index contributed by atoms with van der Waals surface area (Å²) >= 11 is 0. The lowest BCUT2D eigenvalue weighted by Crippen LogP contribution is -2.15. The average Bonchev–Trinajstić information content (AvgIpc) is 2.56. The summed E-state index contributed by atoms with van der Waals surface area (Å²) in [5.41, 5.74) is 1.27. The second-order valence-corrected chi connectivity index (χ2v) is 5.04. The molecule has 0 fully saturated rings. The lowest BCUT2D eigenvalue weighted by Gasteiger charge is -2.12. The quantitative estimate of drug-likeness (QED) is 0.759. The number of hydrogen-bond donors (Lipinski definition) is 2. The molecule has 0 radical (unpaired) electrons. The lowest BCUT2D eigenvalue weighted by molar-refractivity contribution is 0.0526. The molecule has 0 saturated heterocycles. The van der Waals surface area contributed by atoms with E-state index in [1.165, 1.54) is 0 Å². The van der Waals surface area contributed by atoms with Crippen molar-refractivity contribution < 1.29 is 9.53 Å². The molecule has 0 amide bonds. The first kappa shape index (κ1) is 16.7. The fourth-order valence-corrected chi connectivity index (χ4v) is 1.81. The average molecular weight is 315 g/mol. The van der Waals surface area contributed by atoms with Crippen LogP contribution in [0.5, 0.6) is 0 Å². The Hall–Kier alpha value is -2.70. The fraction of sp³-hybridized carbons (Fsp3) is 0.375. The van der Waals surface area contributed by atoms with Crippen molar-refractivity contribution >= 4 is 23.4 Å². The number of rotatable bonds is 7. The molecular formula is C16H21N5O2. The molecule has 2 aromatic rings. The maximum Gasteiger partial charge on any atom is 0.338 e. The smallest absolute Gasteiger partial charge is 0.338 e. The monoisotopic (exact) mass is 315 g/mol. The van der Waals surface area contributed by atoms with E-state index in [1.807, 2.05) is 0 Å². The minimum atomic E-state index is -0.336. The standard InChI is InChI=1S/C16H21N5O2/c1-4-11(3)18-14-10-17-21-16(20-14)19-13-8-6-12(7-9-13)15(22)23-5-2/h6-11H,4-5H2,1-3H3,(H2,18,19,20,21). The van der Waals surface area contributed by atoms with Crippen LogP contribution in [-0.4, -0.2) is 33.8 Å². The van der Waals surface area contributed by atoms with Crippen LogP contribution in [0.4, 0.5) is 17.5 Å². The van der Waals surface area contributed by atoms with Gasteiger partial charge in [-0.1, -0.05) is 6.92 Å². The number of carbonyl (C=O) groups is 1. The van der Waals surface area contributed by atoms with Crippen molar-refractivity contribution in [2.45, 2.75) is 33.2 Å². The number of ether oxygens (including phenoxy) is 1. The summed E-state index contributed by atoms with van der Waals surface area (Å²) in [5, 5.41) is 14.2. The van der Waals surface area contributed by atoms with Gasteiger partial charge in [0.25, 0.3) is 0 Å². The molecule has 0 aliphatic carbocycles. The van der Waals surface area contributed by atoms with Gasteiger partial charge in [-0.3, -0.25) is 0 Å². The predicted octanol–water partition coefficient (Wildman–Crippen LogP) is 3.00. The maximum atomic E-state index is 11.6. The normalized spacial score (nSPS) is 11.6. The van der Waals surface area contributed by atoms with Crippen LogP contribution < -0.4 is 10.6 Å². The van der Waals surface area contributed by atoms with Gasteiger partial charge in [0, 0.05) is 11.7 Å².